The minimum atomic E-state index is 0.618. The maximum Gasteiger partial charge on any atom is 0.151 e. The zero-order valence-electron chi connectivity index (χ0n) is 10.3. The van der Waals surface area contributed by atoms with E-state index in [1.165, 1.54) is 0 Å². The molecule has 0 bridgehead atoms. The molecule has 18 heavy (non-hydrogen) atoms. The number of benzene rings is 1. The van der Waals surface area contributed by atoms with Crippen molar-refractivity contribution in [3.63, 3.8) is 0 Å². The fourth-order valence-corrected chi connectivity index (χ4v) is 2.16. The second-order valence-corrected chi connectivity index (χ2v) is 4.69. The molecule has 0 amide bonds. The summed E-state index contributed by atoms with van der Waals surface area (Å²) in [5.41, 5.74) is 1.54. The molecule has 5 heteroatoms. The van der Waals surface area contributed by atoms with Crippen molar-refractivity contribution in [3.05, 3.63) is 39.9 Å². The number of aryl methyl sites for hydroxylation is 2. The quantitative estimate of drug-likeness (QED) is 0.876. The Morgan fingerprint density at radius 2 is 2.11 bits per heavy atom. The number of nitriles is 1. The molecule has 1 aromatic carbocycles. The van der Waals surface area contributed by atoms with E-state index in [0.717, 1.165) is 34.7 Å². The molecule has 0 saturated heterocycles. The smallest absolute Gasteiger partial charge is 0.151 e. The SMILES string of the molecule is CCc1nc(CC)n(-c2ccc(C#N)c(Br)c2)n1. The Morgan fingerprint density at radius 3 is 2.67 bits per heavy atom. The Hall–Kier alpha value is -1.67. The van der Waals surface area contributed by atoms with E-state index in [-0.39, 0.29) is 0 Å². The summed E-state index contributed by atoms with van der Waals surface area (Å²) in [4.78, 5) is 4.47. The predicted molar refractivity (Wildman–Crippen MR) is 72.5 cm³/mol. The number of rotatable bonds is 3. The van der Waals surface area contributed by atoms with E-state index in [4.69, 9.17) is 5.26 Å². The zero-order valence-corrected chi connectivity index (χ0v) is 11.9. The molecule has 0 spiro atoms. The van der Waals surface area contributed by atoms with Crippen LogP contribution in [0.5, 0.6) is 0 Å². The van der Waals surface area contributed by atoms with Crippen LogP contribution in [0, 0.1) is 11.3 Å². The minimum Gasteiger partial charge on any atom is -0.218 e. The molecule has 0 aliphatic rings. The summed E-state index contributed by atoms with van der Waals surface area (Å²) in [6.07, 6.45) is 1.64. The van der Waals surface area contributed by atoms with Crippen LogP contribution in [0.2, 0.25) is 0 Å². The molecule has 0 aliphatic heterocycles. The Bertz CT molecular complexity index is 610. The fourth-order valence-electron chi connectivity index (χ4n) is 1.70. The van der Waals surface area contributed by atoms with Crippen molar-refractivity contribution in [2.75, 3.05) is 0 Å². The fraction of sp³-hybridized carbons (Fsp3) is 0.308. The van der Waals surface area contributed by atoms with Crippen LogP contribution in [0.15, 0.2) is 22.7 Å². The largest absolute Gasteiger partial charge is 0.218 e. The summed E-state index contributed by atoms with van der Waals surface area (Å²) in [6.45, 7) is 4.09. The van der Waals surface area contributed by atoms with Gasteiger partial charge in [0.25, 0.3) is 0 Å². The summed E-state index contributed by atoms with van der Waals surface area (Å²) in [5.74, 6) is 1.77. The number of hydrogen-bond acceptors (Lipinski definition) is 3. The monoisotopic (exact) mass is 304 g/mol. The van der Waals surface area contributed by atoms with Gasteiger partial charge in [-0.25, -0.2) is 9.67 Å². The second kappa shape index (κ2) is 5.32. The van der Waals surface area contributed by atoms with E-state index in [1.54, 1.807) is 6.07 Å². The lowest BCUT2D eigenvalue weighted by atomic mass is 10.2. The third kappa shape index (κ3) is 2.29. The Labute approximate surface area is 114 Å². The highest BCUT2D eigenvalue weighted by molar-refractivity contribution is 9.10. The first-order valence-corrected chi connectivity index (χ1v) is 6.63. The third-order valence-electron chi connectivity index (χ3n) is 2.67. The minimum absolute atomic E-state index is 0.618. The van der Waals surface area contributed by atoms with Crippen LogP contribution < -0.4 is 0 Å². The van der Waals surface area contributed by atoms with Crippen LogP contribution in [0.1, 0.15) is 31.1 Å². The van der Waals surface area contributed by atoms with Gasteiger partial charge in [0, 0.05) is 17.3 Å². The Morgan fingerprint density at radius 1 is 1.33 bits per heavy atom. The topological polar surface area (TPSA) is 54.5 Å². The molecule has 0 radical (unpaired) electrons. The van der Waals surface area contributed by atoms with Crippen molar-refractivity contribution >= 4 is 15.9 Å². The van der Waals surface area contributed by atoms with Gasteiger partial charge in [-0.05, 0) is 34.1 Å². The van der Waals surface area contributed by atoms with Gasteiger partial charge in [-0.2, -0.15) is 10.4 Å². The van der Waals surface area contributed by atoms with Crippen LogP contribution in [0.25, 0.3) is 5.69 Å². The molecular weight excluding hydrogens is 292 g/mol. The summed E-state index contributed by atoms with van der Waals surface area (Å²) in [7, 11) is 0. The Balaban J connectivity index is 2.51. The van der Waals surface area contributed by atoms with E-state index >= 15 is 0 Å². The number of halogens is 1. The lowest BCUT2D eigenvalue weighted by Gasteiger charge is -2.05. The van der Waals surface area contributed by atoms with E-state index in [2.05, 4.69) is 39.0 Å². The molecule has 1 heterocycles. The van der Waals surface area contributed by atoms with Crippen LogP contribution >= 0.6 is 15.9 Å². The molecular formula is C13H13BrN4. The molecule has 0 fully saturated rings. The van der Waals surface area contributed by atoms with Crippen molar-refractivity contribution in [2.24, 2.45) is 0 Å². The molecule has 0 aliphatic carbocycles. The van der Waals surface area contributed by atoms with Gasteiger partial charge < -0.3 is 0 Å². The summed E-state index contributed by atoms with van der Waals surface area (Å²) in [5, 5.41) is 13.4. The highest BCUT2D eigenvalue weighted by Gasteiger charge is 2.10. The summed E-state index contributed by atoms with van der Waals surface area (Å²) >= 11 is 3.39. The van der Waals surface area contributed by atoms with Gasteiger partial charge in [0.05, 0.1) is 11.3 Å². The molecule has 4 nitrogen and oxygen atoms in total. The summed E-state index contributed by atoms with van der Waals surface area (Å²) < 4.78 is 2.61. The maximum absolute atomic E-state index is 8.91. The van der Waals surface area contributed by atoms with Crippen molar-refractivity contribution in [2.45, 2.75) is 26.7 Å². The van der Waals surface area contributed by atoms with E-state index < -0.39 is 0 Å². The van der Waals surface area contributed by atoms with Crippen LogP contribution in [0.4, 0.5) is 0 Å². The summed E-state index contributed by atoms with van der Waals surface area (Å²) in [6, 6.07) is 7.69. The van der Waals surface area contributed by atoms with E-state index in [9.17, 15) is 0 Å². The van der Waals surface area contributed by atoms with Gasteiger partial charge in [-0.15, -0.1) is 0 Å². The average Bonchev–Trinajstić information content (AvgIpc) is 2.82. The van der Waals surface area contributed by atoms with Gasteiger partial charge in [0.2, 0.25) is 0 Å². The first kappa shape index (κ1) is 12.8. The van der Waals surface area contributed by atoms with Crippen molar-refractivity contribution in [1.82, 2.24) is 14.8 Å². The first-order valence-electron chi connectivity index (χ1n) is 5.84. The molecule has 0 unspecified atom stereocenters. The normalized spacial score (nSPS) is 10.3. The molecule has 0 saturated carbocycles. The van der Waals surface area contributed by atoms with Gasteiger partial charge in [0.1, 0.15) is 11.9 Å². The van der Waals surface area contributed by atoms with E-state index in [0.29, 0.717) is 5.56 Å². The standard InChI is InChI=1S/C13H13BrN4/c1-3-12-16-13(4-2)18(17-12)10-6-5-9(8-15)11(14)7-10/h5-7H,3-4H2,1-2H3. The van der Waals surface area contributed by atoms with Crippen LogP contribution in [-0.2, 0) is 12.8 Å². The lowest BCUT2D eigenvalue weighted by molar-refractivity contribution is 0.790. The van der Waals surface area contributed by atoms with Gasteiger partial charge >= 0.3 is 0 Å². The molecule has 0 N–H and O–H groups in total. The van der Waals surface area contributed by atoms with Crippen molar-refractivity contribution in [3.8, 4) is 11.8 Å². The third-order valence-corrected chi connectivity index (χ3v) is 3.32. The molecule has 2 aromatic rings. The maximum atomic E-state index is 8.91. The average molecular weight is 305 g/mol. The second-order valence-electron chi connectivity index (χ2n) is 3.84. The number of nitrogens with zero attached hydrogens (tertiary/aromatic N) is 4. The molecule has 92 valence electrons. The van der Waals surface area contributed by atoms with Gasteiger partial charge in [0.15, 0.2) is 5.82 Å². The number of hydrogen-bond donors (Lipinski definition) is 0. The van der Waals surface area contributed by atoms with Crippen molar-refractivity contribution < 1.29 is 0 Å². The lowest BCUT2D eigenvalue weighted by Crippen LogP contribution is -2.02. The predicted octanol–water partition coefficient (Wildman–Crippen LogP) is 3.03. The zero-order chi connectivity index (χ0) is 13.1. The molecule has 1 aromatic heterocycles. The molecule has 2 rings (SSSR count). The van der Waals surface area contributed by atoms with Crippen LogP contribution in [-0.4, -0.2) is 14.8 Å². The molecule has 0 atom stereocenters. The first-order chi connectivity index (χ1) is 8.69. The van der Waals surface area contributed by atoms with Gasteiger partial charge in [-0.3, -0.25) is 0 Å². The highest BCUT2D eigenvalue weighted by atomic mass is 79.9. The van der Waals surface area contributed by atoms with Crippen molar-refractivity contribution in [1.29, 1.82) is 5.26 Å². The highest BCUT2D eigenvalue weighted by Crippen LogP contribution is 2.21. The number of aromatic nitrogens is 3. The van der Waals surface area contributed by atoms with Crippen LogP contribution in [0.3, 0.4) is 0 Å². The van der Waals surface area contributed by atoms with Gasteiger partial charge in [-0.1, -0.05) is 13.8 Å². The van der Waals surface area contributed by atoms with E-state index in [1.807, 2.05) is 23.7 Å². The Kier molecular flexibility index (Phi) is 3.78.